The first kappa shape index (κ1) is 17.6. The molecule has 0 aliphatic rings. The highest BCUT2D eigenvalue weighted by atomic mass is 35.5. The van der Waals surface area contributed by atoms with Crippen LogP contribution >= 0.6 is 23.4 Å². The van der Waals surface area contributed by atoms with Crippen molar-refractivity contribution in [1.82, 2.24) is 19.9 Å². The van der Waals surface area contributed by atoms with Gasteiger partial charge in [0.15, 0.2) is 11.5 Å². The minimum absolute atomic E-state index is 0.246. The molecule has 0 bridgehead atoms. The maximum Gasteiger partial charge on any atom is 0.319 e. The van der Waals surface area contributed by atoms with E-state index in [0.29, 0.717) is 16.5 Å². The molecular formula is C17H18ClN5OS. The highest BCUT2D eigenvalue weighted by Gasteiger charge is 2.20. The topological polar surface area (TPSA) is 71.3 Å². The number of benzene rings is 1. The van der Waals surface area contributed by atoms with Crippen molar-refractivity contribution in [3.05, 3.63) is 59.5 Å². The number of amides is 2. The summed E-state index contributed by atoms with van der Waals surface area (Å²) in [6.45, 7) is 0. The van der Waals surface area contributed by atoms with E-state index in [9.17, 15) is 4.79 Å². The van der Waals surface area contributed by atoms with Gasteiger partial charge < -0.3 is 10.6 Å². The van der Waals surface area contributed by atoms with Crippen LogP contribution in [0.2, 0.25) is 5.02 Å². The number of aromatic nitrogens is 3. The maximum atomic E-state index is 12.4. The summed E-state index contributed by atoms with van der Waals surface area (Å²) < 4.78 is 1.89. The fourth-order valence-electron chi connectivity index (χ4n) is 2.49. The average molecular weight is 376 g/mol. The Labute approximate surface area is 155 Å². The van der Waals surface area contributed by atoms with Crippen LogP contribution in [0.15, 0.2) is 48.7 Å². The number of halogens is 1. The molecular weight excluding hydrogens is 358 g/mol. The standard InChI is InChI=1S/C17H18ClN5OS/c1-25-10-8-14(16-22-21-15-7-2-3-9-23(15)16)20-17(24)19-13-6-4-5-12(18)11-13/h2-7,9,11,14H,8,10H2,1H3,(H2,19,20,24)/t14-/m1/s1. The summed E-state index contributed by atoms with van der Waals surface area (Å²) in [6.07, 6.45) is 4.68. The number of carbonyl (C=O) groups is 1. The molecule has 0 saturated heterocycles. The second-order valence-corrected chi connectivity index (χ2v) is 6.85. The molecule has 0 spiro atoms. The Morgan fingerprint density at radius 3 is 2.96 bits per heavy atom. The van der Waals surface area contributed by atoms with Crippen LogP contribution in [0.1, 0.15) is 18.3 Å². The zero-order chi connectivity index (χ0) is 17.6. The first-order valence-electron chi connectivity index (χ1n) is 7.79. The molecule has 0 unspecified atom stereocenters. The van der Waals surface area contributed by atoms with Crippen LogP contribution in [0.5, 0.6) is 0 Å². The van der Waals surface area contributed by atoms with Crippen molar-refractivity contribution >= 4 is 40.7 Å². The van der Waals surface area contributed by atoms with E-state index in [1.54, 1.807) is 36.0 Å². The fraction of sp³-hybridized carbons (Fsp3) is 0.235. The second kappa shape index (κ2) is 8.22. The van der Waals surface area contributed by atoms with Gasteiger partial charge in [-0.1, -0.05) is 23.7 Å². The molecule has 0 aliphatic heterocycles. The minimum Gasteiger partial charge on any atom is -0.328 e. The normalized spacial score (nSPS) is 12.1. The number of hydrogen-bond acceptors (Lipinski definition) is 4. The predicted molar refractivity (Wildman–Crippen MR) is 102 cm³/mol. The summed E-state index contributed by atoms with van der Waals surface area (Å²) in [5, 5.41) is 14.8. The summed E-state index contributed by atoms with van der Waals surface area (Å²) in [4.78, 5) is 12.4. The SMILES string of the molecule is CSCC[C@@H](NC(=O)Nc1cccc(Cl)c1)c1nnc2ccccn12. The number of thioether (sulfide) groups is 1. The molecule has 0 saturated carbocycles. The Morgan fingerprint density at radius 2 is 2.16 bits per heavy atom. The number of urea groups is 1. The molecule has 0 fully saturated rings. The Hall–Kier alpha value is -2.25. The van der Waals surface area contributed by atoms with Crippen molar-refractivity contribution in [2.45, 2.75) is 12.5 Å². The zero-order valence-corrected chi connectivity index (χ0v) is 15.2. The van der Waals surface area contributed by atoms with Gasteiger partial charge in [-0.25, -0.2) is 4.79 Å². The van der Waals surface area contributed by atoms with Crippen LogP contribution in [-0.4, -0.2) is 32.6 Å². The van der Waals surface area contributed by atoms with Gasteiger partial charge in [0.1, 0.15) is 0 Å². The monoisotopic (exact) mass is 375 g/mol. The van der Waals surface area contributed by atoms with E-state index in [4.69, 9.17) is 11.6 Å². The minimum atomic E-state index is -0.305. The second-order valence-electron chi connectivity index (χ2n) is 5.43. The molecule has 0 radical (unpaired) electrons. The summed E-state index contributed by atoms with van der Waals surface area (Å²) in [6, 6.07) is 12.2. The van der Waals surface area contributed by atoms with Gasteiger partial charge in [-0.15, -0.1) is 10.2 Å². The Morgan fingerprint density at radius 1 is 1.28 bits per heavy atom. The third-order valence-electron chi connectivity index (χ3n) is 3.65. The average Bonchev–Trinajstić information content (AvgIpc) is 3.02. The number of carbonyl (C=O) groups excluding carboxylic acids is 1. The van der Waals surface area contributed by atoms with Gasteiger partial charge in [-0.2, -0.15) is 11.8 Å². The van der Waals surface area contributed by atoms with Gasteiger partial charge >= 0.3 is 6.03 Å². The van der Waals surface area contributed by atoms with Crippen molar-refractivity contribution in [1.29, 1.82) is 0 Å². The Kier molecular flexibility index (Phi) is 5.78. The number of pyridine rings is 1. The van der Waals surface area contributed by atoms with Crippen molar-refractivity contribution in [3.8, 4) is 0 Å². The van der Waals surface area contributed by atoms with E-state index in [-0.39, 0.29) is 12.1 Å². The van der Waals surface area contributed by atoms with Crippen LogP contribution in [-0.2, 0) is 0 Å². The van der Waals surface area contributed by atoms with E-state index >= 15 is 0 Å². The molecule has 6 nitrogen and oxygen atoms in total. The maximum absolute atomic E-state index is 12.4. The Bertz CT molecular complexity index is 869. The molecule has 8 heteroatoms. The van der Waals surface area contributed by atoms with E-state index in [1.165, 1.54) is 0 Å². The number of nitrogens with one attached hydrogen (secondary N) is 2. The van der Waals surface area contributed by atoms with E-state index in [0.717, 1.165) is 17.8 Å². The van der Waals surface area contributed by atoms with Crippen molar-refractivity contribution in [3.63, 3.8) is 0 Å². The molecule has 0 aliphatic carbocycles. The van der Waals surface area contributed by atoms with Gasteiger partial charge in [0.2, 0.25) is 0 Å². The van der Waals surface area contributed by atoms with Crippen molar-refractivity contribution < 1.29 is 4.79 Å². The third-order valence-corrected chi connectivity index (χ3v) is 4.53. The highest BCUT2D eigenvalue weighted by Crippen LogP contribution is 2.19. The van der Waals surface area contributed by atoms with Gasteiger partial charge in [-0.3, -0.25) is 4.40 Å². The van der Waals surface area contributed by atoms with Crippen LogP contribution in [0, 0.1) is 0 Å². The number of anilines is 1. The molecule has 1 aromatic carbocycles. The van der Waals surface area contributed by atoms with Crippen molar-refractivity contribution in [2.24, 2.45) is 0 Å². The molecule has 1 atom stereocenters. The predicted octanol–water partition coefficient (Wildman–Crippen LogP) is 4.00. The molecule has 3 rings (SSSR count). The lowest BCUT2D eigenvalue weighted by molar-refractivity contribution is 0.247. The molecule has 3 aromatic rings. The first-order chi connectivity index (χ1) is 12.2. The lowest BCUT2D eigenvalue weighted by Crippen LogP contribution is -2.34. The largest absolute Gasteiger partial charge is 0.328 e. The quantitative estimate of drug-likeness (QED) is 0.683. The summed E-state index contributed by atoms with van der Waals surface area (Å²) in [7, 11) is 0. The Balaban J connectivity index is 1.77. The highest BCUT2D eigenvalue weighted by molar-refractivity contribution is 7.98. The van der Waals surface area contributed by atoms with Gasteiger partial charge in [0.25, 0.3) is 0 Å². The molecule has 2 aromatic heterocycles. The van der Waals surface area contributed by atoms with Gasteiger partial charge in [-0.05, 0) is 48.8 Å². The molecule has 25 heavy (non-hydrogen) atoms. The van der Waals surface area contributed by atoms with Crippen LogP contribution in [0.4, 0.5) is 10.5 Å². The van der Waals surface area contributed by atoms with Crippen molar-refractivity contribution in [2.75, 3.05) is 17.3 Å². The van der Waals surface area contributed by atoms with Crippen LogP contribution in [0.25, 0.3) is 5.65 Å². The fourth-order valence-corrected chi connectivity index (χ4v) is 3.15. The zero-order valence-electron chi connectivity index (χ0n) is 13.6. The molecule has 130 valence electrons. The van der Waals surface area contributed by atoms with Crippen LogP contribution < -0.4 is 10.6 Å². The number of hydrogen-bond donors (Lipinski definition) is 2. The van der Waals surface area contributed by atoms with Gasteiger partial charge in [0, 0.05) is 16.9 Å². The number of fused-ring (bicyclic) bond motifs is 1. The molecule has 2 N–H and O–H groups in total. The summed E-state index contributed by atoms with van der Waals surface area (Å²) in [5.41, 5.74) is 1.39. The van der Waals surface area contributed by atoms with E-state index in [2.05, 4.69) is 20.8 Å². The van der Waals surface area contributed by atoms with E-state index in [1.807, 2.05) is 35.1 Å². The summed E-state index contributed by atoms with van der Waals surface area (Å²) in [5.74, 6) is 1.61. The summed E-state index contributed by atoms with van der Waals surface area (Å²) >= 11 is 7.67. The molecule has 2 amide bonds. The van der Waals surface area contributed by atoms with Crippen LogP contribution in [0.3, 0.4) is 0 Å². The third kappa shape index (κ3) is 4.43. The number of rotatable bonds is 6. The number of nitrogens with zero attached hydrogens (tertiary/aromatic N) is 3. The lowest BCUT2D eigenvalue weighted by Gasteiger charge is -2.17. The smallest absolute Gasteiger partial charge is 0.319 e. The first-order valence-corrected chi connectivity index (χ1v) is 9.56. The molecule has 2 heterocycles. The lowest BCUT2D eigenvalue weighted by atomic mass is 10.2. The van der Waals surface area contributed by atoms with Gasteiger partial charge in [0.05, 0.1) is 6.04 Å². The van der Waals surface area contributed by atoms with E-state index < -0.39 is 0 Å².